The van der Waals surface area contributed by atoms with E-state index in [1.54, 1.807) is 12.1 Å². The summed E-state index contributed by atoms with van der Waals surface area (Å²) < 4.78 is 1.94. The van der Waals surface area contributed by atoms with Gasteiger partial charge < -0.3 is 15.0 Å². The molecule has 6 nitrogen and oxygen atoms in total. The highest BCUT2D eigenvalue weighted by Gasteiger charge is 2.27. The lowest BCUT2D eigenvalue weighted by molar-refractivity contribution is -0.112. The first-order chi connectivity index (χ1) is 15.8. The maximum absolute atomic E-state index is 12.8. The second kappa shape index (κ2) is 9.08. The van der Waals surface area contributed by atoms with Crippen LogP contribution in [0.3, 0.4) is 0 Å². The van der Waals surface area contributed by atoms with E-state index < -0.39 is 11.9 Å². The molecule has 0 bridgehead atoms. The fourth-order valence-corrected chi connectivity index (χ4v) is 5.87. The summed E-state index contributed by atoms with van der Waals surface area (Å²) in [6.45, 7) is 5.69. The van der Waals surface area contributed by atoms with Gasteiger partial charge in [0.25, 0.3) is 5.91 Å². The third-order valence-corrected chi connectivity index (χ3v) is 7.38. The van der Waals surface area contributed by atoms with Crippen LogP contribution in [0.15, 0.2) is 35.9 Å². The molecule has 0 saturated heterocycles. The molecule has 2 N–H and O–H groups in total. The molecule has 0 aliphatic heterocycles. The van der Waals surface area contributed by atoms with Gasteiger partial charge in [-0.1, -0.05) is 18.2 Å². The fraction of sp³-hybridized carbons (Fsp3) is 0.269. The second-order valence-electron chi connectivity index (χ2n) is 8.30. The number of thiophene rings is 1. The number of aromatic nitrogens is 1. The van der Waals surface area contributed by atoms with E-state index in [4.69, 9.17) is 0 Å². The van der Waals surface area contributed by atoms with E-state index in [1.807, 2.05) is 55.7 Å². The number of carboxylic acids is 1. The van der Waals surface area contributed by atoms with E-state index in [9.17, 15) is 20.0 Å². The van der Waals surface area contributed by atoms with Crippen molar-refractivity contribution in [2.24, 2.45) is 0 Å². The summed E-state index contributed by atoms with van der Waals surface area (Å²) in [5, 5.41) is 23.1. The van der Waals surface area contributed by atoms with E-state index in [1.165, 1.54) is 11.3 Å². The number of nitrogens with one attached hydrogen (secondary N) is 1. The summed E-state index contributed by atoms with van der Waals surface area (Å²) in [6, 6.07) is 11.3. The summed E-state index contributed by atoms with van der Waals surface area (Å²) in [4.78, 5) is 26.1. The molecule has 0 spiro atoms. The number of hydrogen-bond donors (Lipinski definition) is 2. The molecule has 3 aromatic rings. The molecule has 1 aliphatic rings. The van der Waals surface area contributed by atoms with Crippen molar-refractivity contribution in [3.63, 3.8) is 0 Å². The number of carbonyl (C=O) groups excluding carboxylic acids is 1. The number of nitrogens with zero attached hydrogens (tertiary/aromatic N) is 2. The summed E-state index contributed by atoms with van der Waals surface area (Å²) in [6.07, 6.45) is 5.34. The normalized spacial score (nSPS) is 13.3. The van der Waals surface area contributed by atoms with Crippen molar-refractivity contribution >= 4 is 35.0 Å². The van der Waals surface area contributed by atoms with Crippen LogP contribution >= 0.6 is 11.3 Å². The largest absolute Gasteiger partial charge is 0.478 e. The number of aryl methyl sites for hydroxylation is 3. The Kier molecular flexibility index (Phi) is 6.21. The lowest BCUT2D eigenvalue weighted by atomic mass is 9.95. The molecule has 1 aliphatic carbocycles. The molecule has 2 heterocycles. The smallest absolute Gasteiger partial charge is 0.339 e. The van der Waals surface area contributed by atoms with Crippen LogP contribution in [-0.4, -0.2) is 21.6 Å². The molecule has 7 heteroatoms. The van der Waals surface area contributed by atoms with Gasteiger partial charge in [-0.3, -0.25) is 4.79 Å². The van der Waals surface area contributed by atoms with Gasteiger partial charge in [0.2, 0.25) is 0 Å². The van der Waals surface area contributed by atoms with Crippen molar-refractivity contribution in [1.29, 1.82) is 5.26 Å². The van der Waals surface area contributed by atoms with Crippen LogP contribution in [0.2, 0.25) is 0 Å². The van der Waals surface area contributed by atoms with Crippen LogP contribution < -0.4 is 5.32 Å². The highest BCUT2D eigenvalue weighted by atomic mass is 32.1. The molecule has 0 radical (unpaired) electrons. The molecule has 1 amide bonds. The maximum Gasteiger partial charge on any atom is 0.339 e. The first-order valence-electron chi connectivity index (χ1n) is 10.9. The molecule has 1 aromatic carbocycles. The minimum atomic E-state index is -0.913. The van der Waals surface area contributed by atoms with Crippen molar-refractivity contribution in [3.8, 4) is 11.1 Å². The first-order valence-corrected chi connectivity index (χ1v) is 11.7. The van der Waals surface area contributed by atoms with Crippen molar-refractivity contribution in [3.05, 3.63) is 74.4 Å². The van der Waals surface area contributed by atoms with Crippen LogP contribution in [0.4, 0.5) is 5.69 Å². The number of fused-ring (bicyclic) bond motifs is 1. The SMILES string of the molecule is Cc1ccccc1NC(=O)C(C#N)=Cc1cc(C)n(-c2sc3c(c2C(=O)O)CCCC3)c1C. The van der Waals surface area contributed by atoms with Gasteiger partial charge in [0, 0.05) is 22.0 Å². The zero-order valence-electron chi connectivity index (χ0n) is 18.9. The summed E-state index contributed by atoms with van der Waals surface area (Å²) in [5.41, 5.74) is 5.25. The molecule has 0 atom stereocenters. The number of rotatable bonds is 5. The van der Waals surface area contributed by atoms with Gasteiger partial charge in [0.15, 0.2) is 0 Å². The predicted molar refractivity (Wildman–Crippen MR) is 130 cm³/mol. The van der Waals surface area contributed by atoms with Crippen molar-refractivity contribution in [2.75, 3.05) is 5.32 Å². The number of carbonyl (C=O) groups is 2. The van der Waals surface area contributed by atoms with Gasteiger partial charge in [0.1, 0.15) is 16.6 Å². The standard InChI is InChI=1S/C26H25N3O3S/c1-15-8-4-6-10-21(15)28-24(30)19(14-27)13-18-12-16(2)29(17(18)3)25-23(26(31)32)20-9-5-7-11-22(20)33-25/h4,6,8,10,12-13H,5,7,9,11H2,1-3H3,(H,28,30)(H,31,32). The molecule has 0 saturated carbocycles. The third kappa shape index (κ3) is 4.22. The molecular formula is C26H25N3O3S. The Balaban J connectivity index is 1.74. The molecule has 33 heavy (non-hydrogen) atoms. The third-order valence-electron chi connectivity index (χ3n) is 6.10. The predicted octanol–water partition coefficient (Wildman–Crippen LogP) is 5.59. The van der Waals surface area contributed by atoms with Crippen LogP contribution in [0.25, 0.3) is 11.1 Å². The van der Waals surface area contributed by atoms with Crippen LogP contribution in [0.5, 0.6) is 0 Å². The topological polar surface area (TPSA) is 95.1 Å². The molecular weight excluding hydrogens is 434 g/mol. The summed E-state index contributed by atoms with van der Waals surface area (Å²) >= 11 is 1.54. The van der Waals surface area contributed by atoms with E-state index in [2.05, 4.69) is 5.32 Å². The lowest BCUT2D eigenvalue weighted by Crippen LogP contribution is -2.14. The zero-order valence-corrected chi connectivity index (χ0v) is 19.7. The minimum absolute atomic E-state index is 0.0116. The van der Waals surface area contributed by atoms with E-state index in [0.29, 0.717) is 21.8 Å². The molecule has 168 valence electrons. The van der Waals surface area contributed by atoms with Gasteiger partial charge in [0.05, 0.1) is 5.56 Å². The number of anilines is 1. The van der Waals surface area contributed by atoms with Gasteiger partial charge in [-0.25, -0.2) is 4.79 Å². The number of hydrogen-bond acceptors (Lipinski definition) is 4. The molecule has 2 aromatic heterocycles. The molecule has 0 unspecified atom stereocenters. The van der Waals surface area contributed by atoms with Crippen molar-refractivity contribution in [2.45, 2.75) is 46.5 Å². The lowest BCUT2D eigenvalue weighted by Gasteiger charge is -2.11. The van der Waals surface area contributed by atoms with E-state index in [-0.39, 0.29) is 5.57 Å². The number of aromatic carboxylic acids is 1. The van der Waals surface area contributed by atoms with E-state index in [0.717, 1.165) is 53.1 Å². The highest BCUT2D eigenvalue weighted by molar-refractivity contribution is 7.15. The number of amides is 1. The Morgan fingerprint density at radius 1 is 1.18 bits per heavy atom. The Labute approximate surface area is 196 Å². The Morgan fingerprint density at radius 2 is 1.91 bits per heavy atom. The Hall–Kier alpha value is -3.63. The van der Waals surface area contributed by atoms with Crippen molar-refractivity contribution < 1.29 is 14.7 Å². The number of para-hydroxylation sites is 1. The molecule has 4 rings (SSSR count). The number of nitriles is 1. The Bertz CT molecular complexity index is 1340. The monoisotopic (exact) mass is 459 g/mol. The summed E-state index contributed by atoms with van der Waals surface area (Å²) in [7, 11) is 0. The fourth-order valence-electron chi connectivity index (χ4n) is 4.38. The second-order valence-corrected chi connectivity index (χ2v) is 9.38. The van der Waals surface area contributed by atoms with Gasteiger partial charge in [-0.15, -0.1) is 11.3 Å². The van der Waals surface area contributed by atoms with Gasteiger partial charge in [-0.05, 0) is 81.4 Å². The van der Waals surface area contributed by atoms with Gasteiger partial charge in [-0.2, -0.15) is 5.26 Å². The zero-order chi connectivity index (χ0) is 23.7. The van der Waals surface area contributed by atoms with Crippen LogP contribution in [0, 0.1) is 32.1 Å². The van der Waals surface area contributed by atoms with Gasteiger partial charge >= 0.3 is 5.97 Å². The summed E-state index contributed by atoms with van der Waals surface area (Å²) in [5.74, 6) is -1.39. The quantitative estimate of drug-likeness (QED) is 0.384. The average molecular weight is 460 g/mol. The average Bonchev–Trinajstić information content (AvgIpc) is 3.29. The Morgan fingerprint density at radius 3 is 2.61 bits per heavy atom. The maximum atomic E-state index is 12.8. The van der Waals surface area contributed by atoms with Crippen LogP contribution in [-0.2, 0) is 17.6 Å². The minimum Gasteiger partial charge on any atom is -0.478 e. The first kappa shape index (κ1) is 22.6. The molecule has 0 fully saturated rings. The highest BCUT2D eigenvalue weighted by Crippen LogP contribution is 2.39. The van der Waals surface area contributed by atoms with Crippen molar-refractivity contribution in [1.82, 2.24) is 4.57 Å². The van der Waals surface area contributed by atoms with E-state index >= 15 is 0 Å². The number of carboxylic acid groups (broad SMARTS) is 1. The number of benzene rings is 1. The van der Waals surface area contributed by atoms with Crippen LogP contribution in [0.1, 0.15) is 56.2 Å².